The van der Waals surface area contributed by atoms with Crippen molar-refractivity contribution < 1.29 is 0 Å². The van der Waals surface area contributed by atoms with Crippen LogP contribution in [-0.2, 0) is 16.2 Å². The van der Waals surface area contributed by atoms with Crippen LogP contribution >= 0.6 is 34.0 Å². The Morgan fingerprint density at radius 3 is 0.966 bits per heavy atom. The van der Waals surface area contributed by atoms with Crippen LogP contribution in [0.2, 0.25) is 0 Å². The van der Waals surface area contributed by atoms with Gasteiger partial charge in [0.1, 0.15) is 5.82 Å². The van der Waals surface area contributed by atoms with Crippen molar-refractivity contribution in [3.05, 3.63) is 483 Å². The number of aromatic nitrogens is 10. The highest BCUT2D eigenvalue weighted by molar-refractivity contribution is 7.27. The van der Waals surface area contributed by atoms with Gasteiger partial charge in [0.25, 0.3) is 0 Å². The lowest BCUT2D eigenvalue weighted by Crippen LogP contribution is -2.17. The quantitative estimate of drug-likeness (QED) is 0.111. The molecule has 9 heterocycles. The largest absolute Gasteiger partial charge is 0.292 e. The average Bonchev–Trinajstić information content (AvgIpc) is 1.56. The molecule has 0 bridgehead atoms. The lowest BCUT2D eigenvalue weighted by Gasteiger charge is -2.24. The maximum absolute atomic E-state index is 5.42. The van der Waals surface area contributed by atoms with Gasteiger partial charge in [0, 0.05) is 185 Å². The molecule has 0 saturated heterocycles. The molecular weight excluding hydrogens is 1850 g/mol. The third-order valence-electron chi connectivity index (χ3n) is 30.0. The van der Waals surface area contributed by atoms with Crippen LogP contribution in [0.15, 0.2) is 449 Å². The number of imidazole rings is 1. The molecule has 10 nitrogen and oxygen atoms in total. The number of pyridine rings is 2. The lowest BCUT2D eigenvalue weighted by molar-refractivity contribution is 0.657. The Morgan fingerprint density at radius 1 is 0.211 bits per heavy atom. The van der Waals surface area contributed by atoms with E-state index in [1.807, 2.05) is 82.9 Å². The highest BCUT2D eigenvalue weighted by Gasteiger charge is 2.44. The lowest BCUT2D eigenvalue weighted by atomic mass is 9.80. The van der Waals surface area contributed by atoms with Gasteiger partial charge < -0.3 is 0 Å². The van der Waals surface area contributed by atoms with Crippen LogP contribution < -0.4 is 0 Å². The zero-order chi connectivity index (χ0) is 98.3. The van der Waals surface area contributed by atoms with Gasteiger partial charge in [-0.3, -0.25) is 14.5 Å². The van der Waals surface area contributed by atoms with Crippen molar-refractivity contribution in [3.63, 3.8) is 0 Å². The van der Waals surface area contributed by atoms with E-state index in [0.717, 1.165) is 130 Å². The Morgan fingerprint density at radius 2 is 0.537 bits per heavy atom. The second-order valence-electron chi connectivity index (χ2n) is 39.8. The fraction of sp³-hybridized carbons (Fsp3) is 0.0672. The summed E-state index contributed by atoms with van der Waals surface area (Å²) >= 11 is 5.60. The summed E-state index contributed by atoms with van der Waals surface area (Å²) in [5, 5.41) is 7.89. The normalized spacial score (nSPS) is 13.1. The van der Waals surface area contributed by atoms with E-state index in [9.17, 15) is 0 Å². The first-order valence-corrected chi connectivity index (χ1v) is 52.4. The molecule has 17 aromatic carbocycles. The van der Waals surface area contributed by atoms with Crippen molar-refractivity contribution in [1.29, 1.82) is 0 Å². The van der Waals surface area contributed by atoms with E-state index < -0.39 is 0 Å². The van der Waals surface area contributed by atoms with Crippen LogP contribution in [0.25, 0.3) is 246 Å². The maximum atomic E-state index is 5.42. The van der Waals surface area contributed by atoms with Crippen LogP contribution in [-0.4, -0.2) is 49.4 Å². The van der Waals surface area contributed by atoms with Gasteiger partial charge in [-0.1, -0.05) is 393 Å². The van der Waals surface area contributed by atoms with Crippen LogP contribution in [0.5, 0.6) is 0 Å². The highest BCUT2D eigenvalue weighted by atomic mass is 32.1. The Labute approximate surface area is 863 Å². The van der Waals surface area contributed by atoms with Crippen LogP contribution in [0, 0.1) is 0 Å². The molecule has 0 amide bonds. The van der Waals surface area contributed by atoms with E-state index in [1.54, 1.807) is 6.20 Å². The van der Waals surface area contributed by atoms with Crippen LogP contribution in [0.3, 0.4) is 0 Å². The van der Waals surface area contributed by atoms with Gasteiger partial charge in [0.2, 0.25) is 0 Å². The Bertz CT molecular complexity index is 9400. The first kappa shape index (κ1) is 88.4. The molecule has 0 atom stereocenters. The monoisotopic (exact) mass is 1940 g/mol. The summed E-state index contributed by atoms with van der Waals surface area (Å²) in [5.41, 5.74) is 38.4. The summed E-state index contributed by atoms with van der Waals surface area (Å²) < 4.78 is 10.2. The second-order valence-corrected chi connectivity index (χ2v) is 42.9. The highest BCUT2D eigenvalue weighted by Crippen LogP contribution is 2.57. The van der Waals surface area contributed by atoms with Gasteiger partial charge in [0.15, 0.2) is 17.5 Å². The number of para-hydroxylation sites is 3. The molecule has 0 saturated carbocycles. The predicted octanol–water partition coefficient (Wildman–Crippen LogP) is 35.6. The predicted molar refractivity (Wildman–Crippen MR) is 613 cm³/mol. The molecule has 0 spiro atoms. The summed E-state index contributed by atoms with van der Waals surface area (Å²) in [4.78, 5) is 45.6. The summed E-state index contributed by atoms with van der Waals surface area (Å²) in [7, 11) is 0. The molecule has 0 fully saturated rings. The molecule has 147 heavy (non-hydrogen) atoms. The fourth-order valence-electron chi connectivity index (χ4n) is 22.8. The van der Waals surface area contributed by atoms with Crippen molar-refractivity contribution in [2.75, 3.05) is 0 Å². The Hall–Kier alpha value is -17.6. The molecule has 13 heteroatoms. The first-order chi connectivity index (χ1) is 72.1. The third-order valence-corrected chi connectivity index (χ3v) is 33.7. The number of fused-ring (bicyclic) bond motifs is 19. The minimum atomic E-state index is -0.262. The van der Waals surface area contributed by atoms with E-state index in [1.165, 1.54) is 144 Å². The van der Waals surface area contributed by atoms with Crippen molar-refractivity contribution >= 4 is 106 Å². The van der Waals surface area contributed by atoms with E-state index >= 15 is 0 Å². The summed E-state index contributed by atoms with van der Waals surface area (Å²) in [6.07, 6.45) is 7.36. The van der Waals surface area contributed by atoms with Gasteiger partial charge in [-0.2, -0.15) is 0 Å². The van der Waals surface area contributed by atoms with E-state index in [2.05, 4.69) is 450 Å². The van der Waals surface area contributed by atoms with E-state index in [4.69, 9.17) is 34.9 Å². The van der Waals surface area contributed by atoms with E-state index in [0.29, 0.717) is 5.82 Å². The Kier molecular flexibility index (Phi) is 21.3. The first-order valence-electron chi connectivity index (χ1n) is 49.9. The number of rotatable bonds is 13. The van der Waals surface area contributed by atoms with Crippen LogP contribution in [0.1, 0.15) is 74.9 Å². The molecule has 3 aliphatic carbocycles. The smallest absolute Gasteiger partial charge is 0.160 e. The van der Waals surface area contributed by atoms with Gasteiger partial charge >= 0.3 is 0 Å². The SMILES string of the molecule is CC1(C)c2ccccc2-c2nc(-c3ccc(-c4nc5ccccc5n4-c4ccccc4)cc3)nc(-c3ccc(-c4cccc5c4sc4ccccc45)cc3)c21.CC1(C)c2ccccc2-c2nc(-c3cccc(-c4cccnc4)c3)nc(-c3ccc(-c4cccc5c4sc4ccccc45)cc3)c21.CC1(C)c2ccccc2-c2nc(-c3cccc(-c4ccncc4)c3)nc(-c3ccc(-c4cccc5c4sc4ccccc45)cc3)c21. The summed E-state index contributed by atoms with van der Waals surface area (Å²) in [6.45, 7) is 13.8. The molecule has 696 valence electrons. The number of hydrogen-bond donors (Lipinski definition) is 0. The molecule has 26 aromatic rings. The van der Waals surface area contributed by atoms with Crippen molar-refractivity contribution in [1.82, 2.24) is 49.4 Å². The minimum Gasteiger partial charge on any atom is -0.292 e. The van der Waals surface area contributed by atoms with Crippen molar-refractivity contribution in [3.8, 4) is 174 Å². The molecular formula is C134H92N10S3. The fourth-order valence-corrected chi connectivity index (χ4v) is 26.5. The molecule has 9 aromatic heterocycles. The Balaban J connectivity index is 0.000000110. The van der Waals surface area contributed by atoms with Crippen LogP contribution in [0.4, 0.5) is 0 Å². The molecule has 0 aliphatic heterocycles. The second kappa shape index (κ2) is 35.5. The minimum absolute atomic E-state index is 0.236. The molecule has 3 aliphatic rings. The van der Waals surface area contributed by atoms with Gasteiger partial charge in [-0.05, 0) is 140 Å². The van der Waals surface area contributed by atoms with Gasteiger partial charge in [-0.25, -0.2) is 34.9 Å². The number of benzene rings is 17. The number of nitrogens with zero attached hydrogens (tertiary/aromatic N) is 10. The molecule has 0 unspecified atom stereocenters. The topological polar surface area (TPSA) is 121 Å². The third kappa shape index (κ3) is 15.0. The summed E-state index contributed by atoms with van der Waals surface area (Å²) in [5.74, 6) is 3.07. The standard InChI is InChI=1S/C50H34N4S.2C42H29N3S/c1-50(2)40-19-8-6-16-39(40)46-44(50)45(32-25-23-31(24-26-32)36-17-12-18-38-37-15-7-11-22-43(37)55-47(36)38)52-48(53-46)33-27-29-34(30-28-33)49-51-41-20-9-10-21-42(41)54(49)35-13-4-3-5-14-35;1-42(2)35-17-5-3-14-34(35)39-37(42)38(44-41(45-39)29-11-7-10-28(24-29)30-12-9-23-43-25-30)27-21-19-26(20-22-27)31-15-8-16-33-32-13-4-6-18-36(32)46-40(31)33;1-42(2)35-15-5-3-12-34(35)39-37(42)38(44-41(45-39)30-10-7-9-29(25-30)26-21-23-43-24-22-26)28-19-17-27(18-20-28)31-13-8-14-33-32-11-4-6-16-36(32)46-40(31)33/h3-30H,1-2H3;2*3-25H,1-2H3. The van der Waals surface area contributed by atoms with Crippen molar-refractivity contribution in [2.24, 2.45) is 0 Å². The zero-order valence-electron chi connectivity index (χ0n) is 81.4. The molecule has 0 N–H and O–H groups in total. The number of hydrogen-bond acceptors (Lipinski definition) is 12. The van der Waals surface area contributed by atoms with Crippen molar-refractivity contribution in [2.45, 2.75) is 57.8 Å². The number of thiophene rings is 3. The molecule has 0 radical (unpaired) electrons. The molecule has 29 rings (SSSR count). The van der Waals surface area contributed by atoms with Gasteiger partial charge in [0.05, 0.1) is 45.2 Å². The van der Waals surface area contributed by atoms with E-state index in [-0.39, 0.29) is 16.2 Å². The zero-order valence-corrected chi connectivity index (χ0v) is 83.9. The average molecular weight is 1940 g/mol. The maximum Gasteiger partial charge on any atom is 0.160 e. The van der Waals surface area contributed by atoms with Gasteiger partial charge in [-0.15, -0.1) is 34.0 Å². The summed E-state index contributed by atoms with van der Waals surface area (Å²) in [6, 6.07) is 151.